The van der Waals surface area contributed by atoms with E-state index in [1.165, 1.54) is 11.3 Å². The third kappa shape index (κ3) is 1.30. The summed E-state index contributed by atoms with van der Waals surface area (Å²) >= 11 is 7.07. The number of hydrogen-bond acceptors (Lipinski definition) is 1. The van der Waals surface area contributed by atoms with Crippen LogP contribution < -0.4 is 4.50 Å². The van der Waals surface area contributed by atoms with Crippen molar-refractivity contribution in [2.24, 2.45) is 0 Å². The van der Waals surface area contributed by atoms with Crippen LogP contribution in [0, 0.1) is 0 Å². The molecule has 0 aliphatic heterocycles. The average Bonchev–Trinajstić information content (AvgIpc) is 1.87. The van der Waals surface area contributed by atoms with Crippen molar-refractivity contribution in [1.82, 2.24) is 0 Å². The highest BCUT2D eigenvalue weighted by molar-refractivity contribution is 7.23. The summed E-state index contributed by atoms with van der Waals surface area (Å²) in [5, 5.41) is 0. The molecule has 0 nitrogen and oxygen atoms in total. The Morgan fingerprint density at radius 2 is 2.29 bits per heavy atom. The second-order valence-electron chi connectivity index (χ2n) is 1.10. The third-order valence-electron chi connectivity index (χ3n) is 0.573. The molecular weight excluding hydrogens is 144 g/mol. The molecule has 0 atom stereocenters. The van der Waals surface area contributed by atoms with Crippen molar-refractivity contribution in [3.8, 4) is 0 Å². The van der Waals surface area contributed by atoms with Crippen LogP contribution in [0.3, 0.4) is 0 Å². The van der Waals surface area contributed by atoms with Crippen molar-refractivity contribution < 1.29 is 0 Å². The Labute approximate surface area is 54.5 Å². The summed E-state index contributed by atoms with van der Waals surface area (Å²) in [4.78, 5) is 0. The Morgan fingerprint density at radius 3 is 2.43 bits per heavy atom. The van der Waals surface area contributed by atoms with Gasteiger partial charge in [-0.2, -0.15) is 0 Å². The van der Waals surface area contributed by atoms with E-state index >= 15 is 0 Å². The van der Waals surface area contributed by atoms with Crippen molar-refractivity contribution in [3.05, 3.63) is 16.5 Å². The predicted molar refractivity (Wildman–Crippen MR) is 34.7 cm³/mol. The summed E-state index contributed by atoms with van der Waals surface area (Å²) in [6, 6.07) is 3.78. The lowest BCUT2D eigenvalue weighted by atomic mass is 10.7. The smallest absolute Gasteiger partial charge is 0.0926 e. The van der Waals surface area contributed by atoms with Gasteiger partial charge >= 0.3 is 0 Å². The largest absolute Gasteiger partial charge is 0.134 e. The molecule has 0 saturated heterocycles. The van der Waals surface area contributed by atoms with Crippen LogP contribution in [0.4, 0.5) is 0 Å². The zero-order valence-electron chi connectivity index (χ0n) is 3.44. The number of hydrogen-bond donors (Lipinski definition) is 0. The molecule has 3 radical (unpaired) electrons. The van der Waals surface area contributed by atoms with Gasteiger partial charge in [-0.25, -0.2) is 0 Å². The second kappa shape index (κ2) is 1.99. The van der Waals surface area contributed by atoms with E-state index in [-0.39, 0.29) is 0 Å². The molecule has 0 fully saturated rings. The van der Waals surface area contributed by atoms with E-state index < -0.39 is 0 Å². The van der Waals surface area contributed by atoms with Gasteiger partial charge in [-0.3, -0.25) is 0 Å². The third-order valence-corrected chi connectivity index (χ3v) is 2.09. The highest BCUT2D eigenvalue weighted by Gasteiger charge is 1.86. The predicted octanol–water partition coefficient (Wildman–Crippen LogP) is 1.20. The monoisotopic (exact) mass is 145 g/mol. The molecule has 0 unspecified atom stereocenters. The second-order valence-corrected chi connectivity index (χ2v) is 3.72. The molecule has 0 aliphatic carbocycles. The van der Waals surface area contributed by atoms with Gasteiger partial charge in [0, 0.05) is 0 Å². The standard InChI is InChI=1S/C4H2ClSSi/c5-3-1-2-4(7)6-3/h1-2H. The summed E-state index contributed by atoms with van der Waals surface area (Å²) in [6.07, 6.45) is 0. The quantitative estimate of drug-likeness (QED) is 0.482. The Morgan fingerprint density at radius 1 is 1.57 bits per heavy atom. The van der Waals surface area contributed by atoms with Crippen molar-refractivity contribution in [2.75, 3.05) is 0 Å². The zero-order chi connectivity index (χ0) is 5.28. The fourth-order valence-corrected chi connectivity index (χ4v) is 1.72. The highest BCUT2D eigenvalue weighted by Crippen LogP contribution is 2.11. The molecule has 0 saturated carbocycles. The van der Waals surface area contributed by atoms with Gasteiger partial charge in [-0.05, 0) is 10.6 Å². The molecule has 1 aromatic heterocycles. The molecule has 1 heterocycles. The normalized spacial score (nSPS) is 9.43. The lowest BCUT2D eigenvalue weighted by molar-refractivity contribution is 2.06. The first-order chi connectivity index (χ1) is 3.29. The first-order valence-electron chi connectivity index (χ1n) is 1.76. The molecule has 0 aromatic carbocycles. The van der Waals surface area contributed by atoms with E-state index in [0.29, 0.717) is 0 Å². The Balaban J connectivity index is 3.04. The number of thiophene rings is 1. The summed E-state index contributed by atoms with van der Waals surface area (Å²) in [5.41, 5.74) is 0. The molecule has 0 N–H and O–H groups in total. The minimum atomic E-state index is 0.824. The van der Waals surface area contributed by atoms with Crippen LogP contribution in [0.25, 0.3) is 0 Å². The molecule has 1 aromatic rings. The van der Waals surface area contributed by atoms with Gasteiger partial charge < -0.3 is 0 Å². The SMILES string of the molecule is [Si]c1ccc(Cl)s1. The maximum Gasteiger partial charge on any atom is 0.0926 e. The van der Waals surface area contributed by atoms with E-state index in [4.69, 9.17) is 11.6 Å². The van der Waals surface area contributed by atoms with E-state index in [9.17, 15) is 0 Å². The van der Waals surface area contributed by atoms with Gasteiger partial charge in [0.15, 0.2) is 0 Å². The minimum absolute atomic E-state index is 0.824. The summed E-state index contributed by atoms with van der Waals surface area (Å²) < 4.78 is 1.90. The van der Waals surface area contributed by atoms with E-state index in [0.717, 1.165) is 8.84 Å². The lowest BCUT2D eigenvalue weighted by Crippen LogP contribution is -1.88. The highest BCUT2D eigenvalue weighted by atomic mass is 35.5. The van der Waals surface area contributed by atoms with Crippen LogP contribution in [0.5, 0.6) is 0 Å². The van der Waals surface area contributed by atoms with Gasteiger partial charge in [0.1, 0.15) is 0 Å². The van der Waals surface area contributed by atoms with E-state index in [1.807, 2.05) is 12.1 Å². The zero-order valence-corrected chi connectivity index (χ0v) is 6.01. The maximum atomic E-state index is 5.55. The van der Waals surface area contributed by atoms with Crippen molar-refractivity contribution >= 4 is 37.7 Å². The lowest BCUT2D eigenvalue weighted by Gasteiger charge is -1.69. The Kier molecular flexibility index (Phi) is 1.52. The van der Waals surface area contributed by atoms with Crippen molar-refractivity contribution in [1.29, 1.82) is 0 Å². The molecule has 0 amide bonds. The fraction of sp³-hybridized carbons (Fsp3) is 0. The molecular formula is C4H2ClSSi. The van der Waals surface area contributed by atoms with Crippen LogP contribution in [-0.2, 0) is 0 Å². The molecule has 7 heavy (non-hydrogen) atoms. The van der Waals surface area contributed by atoms with Gasteiger partial charge in [0.05, 0.1) is 14.6 Å². The van der Waals surface area contributed by atoms with Crippen LogP contribution in [0.2, 0.25) is 4.34 Å². The van der Waals surface area contributed by atoms with Crippen LogP contribution >= 0.6 is 22.9 Å². The molecule has 0 aliphatic rings. The maximum absolute atomic E-state index is 5.55. The topological polar surface area (TPSA) is 0 Å². The first-order valence-corrected chi connectivity index (χ1v) is 3.45. The molecule has 0 spiro atoms. The van der Waals surface area contributed by atoms with E-state index in [2.05, 4.69) is 10.2 Å². The average molecular weight is 146 g/mol. The van der Waals surface area contributed by atoms with Crippen molar-refractivity contribution in [3.63, 3.8) is 0 Å². The molecule has 0 bridgehead atoms. The minimum Gasteiger partial charge on any atom is -0.134 e. The summed E-state index contributed by atoms with van der Waals surface area (Å²) in [7, 11) is 3.31. The van der Waals surface area contributed by atoms with Gasteiger partial charge in [-0.1, -0.05) is 17.7 Å². The van der Waals surface area contributed by atoms with Crippen LogP contribution in [0.15, 0.2) is 12.1 Å². The Bertz CT molecular complexity index is 144. The summed E-state index contributed by atoms with van der Waals surface area (Å²) in [5.74, 6) is 0. The molecule has 35 valence electrons. The number of halogens is 1. The Hall–Kier alpha value is 0.207. The van der Waals surface area contributed by atoms with Gasteiger partial charge in [0.25, 0.3) is 0 Å². The van der Waals surface area contributed by atoms with Gasteiger partial charge in [-0.15, -0.1) is 11.3 Å². The molecule has 3 heteroatoms. The fourth-order valence-electron chi connectivity index (χ4n) is 0.314. The van der Waals surface area contributed by atoms with Gasteiger partial charge in [0.2, 0.25) is 0 Å². The van der Waals surface area contributed by atoms with Crippen LogP contribution in [-0.4, -0.2) is 10.2 Å². The number of rotatable bonds is 0. The van der Waals surface area contributed by atoms with Crippen LogP contribution in [0.1, 0.15) is 0 Å². The summed E-state index contributed by atoms with van der Waals surface area (Å²) in [6.45, 7) is 0. The first kappa shape index (κ1) is 5.35. The molecule has 1 rings (SSSR count). The van der Waals surface area contributed by atoms with Crippen molar-refractivity contribution in [2.45, 2.75) is 0 Å². The van der Waals surface area contributed by atoms with E-state index in [1.54, 1.807) is 0 Å².